The number of alkyl halides is 2. The molecule has 0 unspecified atom stereocenters. The third-order valence-electron chi connectivity index (χ3n) is 4.56. The van der Waals surface area contributed by atoms with Crippen LogP contribution in [0.1, 0.15) is 23.2 Å². The maximum atomic E-state index is 12.9. The number of methoxy groups -OCH3 is 1. The van der Waals surface area contributed by atoms with Crippen molar-refractivity contribution in [2.24, 2.45) is 5.92 Å². The van der Waals surface area contributed by atoms with E-state index in [1.807, 2.05) is 17.8 Å². The zero-order chi connectivity index (χ0) is 18.7. The summed E-state index contributed by atoms with van der Waals surface area (Å²) in [5.41, 5.74) is 1.68. The quantitative estimate of drug-likeness (QED) is 0.707. The summed E-state index contributed by atoms with van der Waals surface area (Å²) < 4.78 is 32.4. The molecular weight excluding hydrogens is 342 g/mol. The summed E-state index contributed by atoms with van der Waals surface area (Å²) in [5.74, 6) is -2.80. The van der Waals surface area contributed by atoms with Crippen molar-refractivity contribution in [3.05, 3.63) is 36.4 Å². The van der Waals surface area contributed by atoms with Gasteiger partial charge in [-0.1, -0.05) is 0 Å². The van der Waals surface area contributed by atoms with Crippen molar-refractivity contribution < 1.29 is 18.3 Å². The number of esters is 1. The normalized spacial score (nSPS) is 16.5. The Morgan fingerprint density at radius 1 is 1.38 bits per heavy atom. The lowest BCUT2D eigenvalue weighted by Gasteiger charge is -2.37. The van der Waals surface area contributed by atoms with Gasteiger partial charge in [0.2, 0.25) is 5.92 Å². The fourth-order valence-corrected chi connectivity index (χ4v) is 3.16. The summed E-state index contributed by atoms with van der Waals surface area (Å²) in [5, 5.41) is 0. The van der Waals surface area contributed by atoms with Gasteiger partial charge in [0.05, 0.1) is 24.7 Å². The number of hydrogen-bond donors (Lipinski definition) is 0. The Kier molecular flexibility index (Phi) is 5.31. The van der Waals surface area contributed by atoms with Crippen molar-refractivity contribution in [3.63, 3.8) is 0 Å². The first-order valence-corrected chi connectivity index (χ1v) is 8.49. The van der Waals surface area contributed by atoms with Gasteiger partial charge in [-0.3, -0.25) is 4.98 Å². The van der Waals surface area contributed by atoms with Gasteiger partial charge in [-0.05, 0) is 25.1 Å². The van der Waals surface area contributed by atoms with Crippen molar-refractivity contribution >= 4 is 5.97 Å². The highest BCUT2D eigenvalue weighted by molar-refractivity contribution is 5.90. The van der Waals surface area contributed by atoms with Gasteiger partial charge in [-0.2, -0.15) is 0 Å². The second kappa shape index (κ2) is 7.49. The first-order chi connectivity index (χ1) is 12.4. The van der Waals surface area contributed by atoms with Crippen LogP contribution < -0.4 is 0 Å². The number of ether oxygens (including phenoxy) is 1. The van der Waals surface area contributed by atoms with Gasteiger partial charge < -0.3 is 14.2 Å². The summed E-state index contributed by atoms with van der Waals surface area (Å²) in [6.07, 6.45) is 5.09. The molecule has 8 heteroatoms. The molecule has 1 fully saturated rings. The molecule has 0 saturated heterocycles. The molecule has 26 heavy (non-hydrogen) atoms. The minimum Gasteiger partial charge on any atom is -0.465 e. The van der Waals surface area contributed by atoms with E-state index < -0.39 is 11.9 Å². The van der Waals surface area contributed by atoms with Gasteiger partial charge in [0.1, 0.15) is 5.69 Å². The second-order valence-corrected chi connectivity index (χ2v) is 6.81. The van der Waals surface area contributed by atoms with Gasteiger partial charge in [-0.25, -0.2) is 18.6 Å². The van der Waals surface area contributed by atoms with Gasteiger partial charge in [0, 0.05) is 44.9 Å². The van der Waals surface area contributed by atoms with Crippen LogP contribution in [-0.4, -0.2) is 58.6 Å². The summed E-state index contributed by atoms with van der Waals surface area (Å²) in [6.45, 7) is 2.12. The fraction of sp³-hybridized carbons (Fsp3) is 0.500. The first-order valence-electron chi connectivity index (χ1n) is 8.49. The van der Waals surface area contributed by atoms with Gasteiger partial charge in [-0.15, -0.1) is 0 Å². The van der Waals surface area contributed by atoms with Gasteiger partial charge in [0.25, 0.3) is 0 Å². The summed E-state index contributed by atoms with van der Waals surface area (Å²) in [4.78, 5) is 22.2. The van der Waals surface area contributed by atoms with E-state index in [9.17, 15) is 13.6 Å². The van der Waals surface area contributed by atoms with Crippen molar-refractivity contribution in [1.29, 1.82) is 0 Å². The number of pyridine rings is 1. The van der Waals surface area contributed by atoms with Crippen LogP contribution in [0.5, 0.6) is 0 Å². The minimum atomic E-state index is -2.46. The van der Waals surface area contributed by atoms with E-state index in [1.54, 1.807) is 24.7 Å². The molecule has 140 valence electrons. The zero-order valence-electron chi connectivity index (χ0n) is 14.9. The molecule has 0 N–H and O–H groups in total. The van der Waals surface area contributed by atoms with E-state index in [0.717, 1.165) is 6.54 Å². The summed E-state index contributed by atoms with van der Waals surface area (Å²) >= 11 is 0. The van der Waals surface area contributed by atoms with E-state index in [4.69, 9.17) is 4.74 Å². The van der Waals surface area contributed by atoms with E-state index in [1.165, 1.54) is 7.11 Å². The summed E-state index contributed by atoms with van der Waals surface area (Å²) in [6, 6.07) is 3.23. The molecule has 2 heterocycles. The summed E-state index contributed by atoms with van der Waals surface area (Å²) in [7, 11) is 3.27. The third kappa shape index (κ3) is 4.43. The number of likely N-dealkylation sites (N-methyl/N-ethyl adjacent to an activating group) is 1. The zero-order valence-corrected chi connectivity index (χ0v) is 14.9. The van der Waals surface area contributed by atoms with Crippen LogP contribution in [0.4, 0.5) is 8.78 Å². The molecule has 3 rings (SSSR count). The van der Waals surface area contributed by atoms with E-state index >= 15 is 0 Å². The van der Waals surface area contributed by atoms with E-state index in [2.05, 4.69) is 14.9 Å². The lowest BCUT2D eigenvalue weighted by atomic mass is 9.81. The molecule has 1 aliphatic carbocycles. The first kappa shape index (κ1) is 18.4. The number of imidazole rings is 1. The van der Waals surface area contributed by atoms with Gasteiger partial charge in [0.15, 0.2) is 0 Å². The Morgan fingerprint density at radius 2 is 2.15 bits per heavy atom. The maximum Gasteiger partial charge on any atom is 0.337 e. The number of hydrogen-bond acceptors (Lipinski definition) is 5. The number of nitrogens with zero attached hydrogens (tertiary/aromatic N) is 4. The Bertz CT molecular complexity index is 770. The predicted octanol–water partition coefficient (Wildman–Crippen LogP) is 2.71. The molecule has 0 aliphatic heterocycles. The highest BCUT2D eigenvalue weighted by Crippen LogP contribution is 2.42. The average molecular weight is 364 g/mol. The molecular formula is C18H22F2N4O2. The molecule has 0 bridgehead atoms. The average Bonchev–Trinajstić information content (AvgIpc) is 3.07. The monoisotopic (exact) mass is 364 g/mol. The van der Waals surface area contributed by atoms with Crippen LogP contribution in [0.2, 0.25) is 0 Å². The number of carbonyl (C=O) groups is 1. The number of rotatable bonds is 7. The van der Waals surface area contributed by atoms with Crippen molar-refractivity contribution in [2.75, 3.05) is 27.2 Å². The topological polar surface area (TPSA) is 60.2 Å². The van der Waals surface area contributed by atoms with Crippen LogP contribution in [-0.2, 0) is 11.3 Å². The second-order valence-electron chi connectivity index (χ2n) is 6.81. The van der Waals surface area contributed by atoms with Crippen LogP contribution in [0.15, 0.2) is 30.9 Å². The Labute approximate surface area is 150 Å². The highest BCUT2D eigenvalue weighted by atomic mass is 19.3. The third-order valence-corrected chi connectivity index (χ3v) is 4.56. The molecule has 0 aromatic carbocycles. The largest absolute Gasteiger partial charge is 0.465 e. The molecule has 2 aromatic heterocycles. The molecule has 0 spiro atoms. The smallest absolute Gasteiger partial charge is 0.337 e. The molecule has 1 aliphatic rings. The number of aromatic nitrogens is 3. The Hall–Kier alpha value is -2.35. The molecule has 6 nitrogen and oxygen atoms in total. The van der Waals surface area contributed by atoms with Crippen LogP contribution >= 0.6 is 0 Å². The van der Waals surface area contributed by atoms with Gasteiger partial charge >= 0.3 is 5.97 Å². The van der Waals surface area contributed by atoms with E-state index in [0.29, 0.717) is 30.0 Å². The van der Waals surface area contributed by atoms with Crippen molar-refractivity contribution in [1.82, 2.24) is 19.4 Å². The Morgan fingerprint density at radius 3 is 2.85 bits per heavy atom. The van der Waals surface area contributed by atoms with E-state index in [-0.39, 0.29) is 18.8 Å². The highest BCUT2D eigenvalue weighted by Gasteiger charge is 2.45. The molecule has 0 atom stereocenters. The molecule has 0 radical (unpaired) electrons. The van der Waals surface area contributed by atoms with Crippen molar-refractivity contribution in [3.8, 4) is 11.4 Å². The standard InChI is InChI=1S/C18H22F2N4O2/c1-23(10-13-8-18(19,20)9-13)5-6-24-11-16(22-12-24)15-7-14(3-4-21-15)17(25)26-2/h3-4,7,11-13H,5-6,8-10H2,1-2H3. The predicted molar refractivity (Wildman–Crippen MR) is 92.0 cm³/mol. The van der Waals surface area contributed by atoms with Crippen molar-refractivity contribution in [2.45, 2.75) is 25.3 Å². The maximum absolute atomic E-state index is 12.9. The molecule has 1 saturated carbocycles. The molecule has 0 amide bonds. The lowest BCUT2D eigenvalue weighted by molar-refractivity contribution is -0.115. The number of halogens is 2. The number of carbonyl (C=O) groups excluding carboxylic acids is 1. The molecule has 2 aromatic rings. The Balaban J connectivity index is 1.54. The van der Waals surface area contributed by atoms with Crippen LogP contribution in [0.25, 0.3) is 11.4 Å². The fourth-order valence-electron chi connectivity index (χ4n) is 3.16. The van der Waals surface area contributed by atoms with Crippen LogP contribution in [0.3, 0.4) is 0 Å². The van der Waals surface area contributed by atoms with Crippen LogP contribution in [0, 0.1) is 5.92 Å². The SMILES string of the molecule is COC(=O)c1ccnc(-c2cn(CCN(C)CC3CC(F)(F)C3)cn2)c1. The minimum absolute atomic E-state index is 0.00519. The lowest BCUT2D eigenvalue weighted by Crippen LogP contribution is -2.42.